The standard InChI is InChI=1S/C24H20N2O6/c27-23(28)16-10-9-15(22(13-16)26(30)31)11-12-25-24(29)32-14-21-19-7-3-1-5-17(19)18-6-2-4-8-20(18)21/h1-10,13,21H,11-12,14H2,(H,25,29)(H,27,28). The van der Waals surface area contributed by atoms with Crippen molar-refractivity contribution in [2.24, 2.45) is 0 Å². The first-order chi connectivity index (χ1) is 15.5. The highest BCUT2D eigenvalue weighted by atomic mass is 16.6. The number of nitrogens with one attached hydrogen (secondary N) is 1. The van der Waals surface area contributed by atoms with E-state index in [2.05, 4.69) is 17.4 Å². The lowest BCUT2D eigenvalue weighted by Gasteiger charge is -2.14. The van der Waals surface area contributed by atoms with E-state index in [-0.39, 0.29) is 36.7 Å². The molecule has 1 aliphatic carbocycles. The number of carbonyl (C=O) groups is 2. The zero-order valence-electron chi connectivity index (χ0n) is 17.0. The number of nitro groups is 1. The van der Waals surface area contributed by atoms with Gasteiger partial charge in [0.1, 0.15) is 6.61 Å². The Morgan fingerprint density at radius 2 is 1.62 bits per heavy atom. The number of fused-ring (bicyclic) bond motifs is 3. The van der Waals surface area contributed by atoms with Crippen LogP contribution in [0.2, 0.25) is 0 Å². The van der Waals surface area contributed by atoms with Crippen LogP contribution in [-0.2, 0) is 11.2 Å². The molecular weight excluding hydrogens is 412 g/mol. The second kappa shape index (κ2) is 8.89. The largest absolute Gasteiger partial charge is 0.478 e. The molecular formula is C24H20N2O6. The van der Waals surface area contributed by atoms with E-state index in [1.54, 1.807) is 0 Å². The highest BCUT2D eigenvalue weighted by molar-refractivity contribution is 5.88. The van der Waals surface area contributed by atoms with E-state index < -0.39 is 17.0 Å². The van der Waals surface area contributed by atoms with Gasteiger partial charge in [-0.05, 0) is 34.7 Å². The van der Waals surface area contributed by atoms with Gasteiger partial charge >= 0.3 is 12.1 Å². The third-order valence-electron chi connectivity index (χ3n) is 5.54. The second-order valence-electron chi connectivity index (χ2n) is 7.41. The number of benzene rings is 3. The number of rotatable bonds is 7. The van der Waals surface area contributed by atoms with Gasteiger partial charge in [-0.2, -0.15) is 0 Å². The van der Waals surface area contributed by atoms with Crippen LogP contribution in [-0.4, -0.2) is 35.2 Å². The zero-order valence-corrected chi connectivity index (χ0v) is 17.0. The molecule has 162 valence electrons. The van der Waals surface area contributed by atoms with Gasteiger partial charge in [-0.3, -0.25) is 10.1 Å². The van der Waals surface area contributed by atoms with Crippen molar-refractivity contribution in [2.75, 3.05) is 13.2 Å². The van der Waals surface area contributed by atoms with Crippen LogP contribution in [0, 0.1) is 10.1 Å². The van der Waals surface area contributed by atoms with Crippen LogP contribution in [0.15, 0.2) is 66.7 Å². The fraction of sp³-hybridized carbons (Fsp3) is 0.167. The number of nitrogens with zero attached hydrogens (tertiary/aromatic N) is 1. The van der Waals surface area contributed by atoms with Crippen molar-refractivity contribution in [3.05, 3.63) is 99.1 Å². The lowest BCUT2D eigenvalue weighted by atomic mass is 9.98. The number of nitro benzene ring substituents is 1. The van der Waals surface area contributed by atoms with Crippen molar-refractivity contribution in [3.8, 4) is 11.1 Å². The van der Waals surface area contributed by atoms with Crippen LogP contribution < -0.4 is 5.32 Å². The Kier molecular flexibility index (Phi) is 5.85. The molecule has 8 heteroatoms. The summed E-state index contributed by atoms with van der Waals surface area (Å²) in [7, 11) is 0. The Hall–Kier alpha value is -4.20. The number of aromatic carboxylic acids is 1. The van der Waals surface area contributed by atoms with Gasteiger partial charge in [-0.15, -0.1) is 0 Å². The summed E-state index contributed by atoms with van der Waals surface area (Å²) in [5.41, 5.74) is 4.36. The number of ether oxygens (including phenoxy) is 1. The lowest BCUT2D eigenvalue weighted by molar-refractivity contribution is -0.385. The summed E-state index contributed by atoms with van der Waals surface area (Å²) in [6.45, 7) is 0.289. The summed E-state index contributed by atoms with van der Waals surface area (Å²) in [6.07, 6.45) is -0.447. The Bertz CT molecular complexity index is 1160. The number of carbonyl (C=O) groups excluding carboxylic acids is 1. The van der Waals surface area contributed by atoms with Crippen molar-refractivity contribution < 1.29 is 24.4 Å². The normalized spacial score (nSPS) is 12.0. The smallest absolute Gasteiger partial charge is 0.407 e. The number of alkyl carbamates (subject to hydrolysis) is 1. The number of carboxylic acids is 1. The third-order valence-corrected chi connectivity index (χ3v) is 5.54. The minimum Gasteiger partial charge on any atom is -0.478 e. The van der Waals surface area contributed by atoms with Crippen molar-refractivity contribution >= 4 is 17.7 Å². The summed E-state index contributed by atoms with van der Waals surface area (Å²) < 4.78 is 5.44. The van der Waals surface area contributed by atoms with Crippen LogP contribution in [0.5, 0.6) is 0 Å². The van der Waals surface area contributed by atoms with E-state index in [4.69, 9.17) is 9.84 Å². The molecule has 0 saturated carbocycles. The fourth-order valence-corrected chi connectivity index (χ4v) is 4.03. The molecule has 0 heterocycles. The molecule has 3 aromatic rings. The molecule has 0 saturated heterocycles. The first kappa shape index (κ1) is 21.0. The Balaban J connectivity index is 1.36. The van der Waals surface area contributed by atoms with E-state index in [0.29, 0.717) is 5.56 Å². The first-order valence-electron chi connectivity index (χ1n) is 10.0. The Morgan fingerprint density at radius 3 is 2.22 bits per heavy atom. The van der Waals surface area contributed by atoms with E-state index in [0.717, 1.165) is 28.3 Å². The van der Waals surface area contributed by atoms with Gasteiger partial charge in [0.25, 0.3) is 5.69 Å². The summed E-state index contributed by atoms with van der Waals surface area (Å²) in [6, 6.07) is 19.8. The quantitative estimate of drug-likeness (QED) is 0.423. The maximum absolute atomic E-state index is 12.2. The number of hydrogen-bond acceptors (Lipinski definition) is 5. The van der Waals surface area contributed by atoms with E-state index in [9.17, 15) is 19.7 Å². The molecule has 0 fully saturated rings. The average Bonchev–Trinajstić information content (AvgIpc) is 3.11. The summed E-state index contributed by atoms with van der Waals surface area (Å²) in [5.74, 6) is -1.30. The second-order valence-corrected chi connectivity index (χ2v) is 7.41. The van der Waals surface area contributed by atoms with Crippen LogP contribution in [0.4, 0.5) is 10.5 Å². The molecule has 0 unspecified atom stereocenters. The van der Waals surface area contributed by atoms with Crippen LogP contribution in [0.1, 0.15) is 33.0 Å². The molecule has 32 heavy (non-hydrogen) atoms. The Morgan fingerprint density at radius 1 is 1.00 bits per heavy atom. The van der Waals surface area contributed by atoms with E-state index in [1.165, 1.54) is 12.1 Å². The SMILES string of the molecule is O=C(NCCc1ccc(C(=O)O)cc1[N+](=O)[O-])OCC1c2ccccc2-c2ccccc21. The van der Waals surface area contributed by atoms with Gasteiger partial charge in [0, 0.05) is 24.1 Å². The molecule has 0 aromatic heterocycles. The molecule has 3 aromatic carbocycles. The molecule has 0 atom stereocenters. The topological polar surface area (TPSA) is 119 Å². The number of hydrogen-bond donors (Lipinski definition) is 2. The molecule has 0 spiro atoms. The average molecular weight is 432 g/mol. The van der Waals surface area contributed by atoms with Gasteiger partial charge in [-0.25, -0.2) is 9.59 Å². The zero-order chi connectivity index (χ0) is 22.7. The third kappa shape index (κ3) is 4.15. The van der Waals surface area contributed by atoms with Crippen LogP contribution in [0.3, 0.4) is 0 Å². The minimum atomic E-state index is -1.24. The van der Waals surface area contributed by atoms with E-state index >= 15 is 0 Å². The highest BCUT2D eigenvalue weighted by Gasteiger charge is 2.29. The van der Waals surface area contributed by atoms with Gasteiger partial charge in [0.05, 0.1) is 10.5 Å². The molecule has 2 N–H and O–H groups in total. The summed E-state index contributed by atoms with van der Waals surface area (Å²) in [5, 5.41) is 22.9. The number of carboxylic acid groups (broad SMARTS) is 1. The molecule has 4 rings (SSSR count). The number of amides is 1. The van der Waals surface area contributed by atoms with E-state index in [1.807, 2.05) is 36.4 Å². The summed E-state index contributed by atoms with van der Waals surface area (Å²) >= 11 is 0. The predicted octanol–water partition coefficient (Wildman–Crippen LogP) is 4.37. The van der Waals surface area contributed by atoms with Crippen molar-refractivity contribution in [1.82, 2.24) is 5.32 Å². The first-order valence-corrected chi connectivity index (χ1v) is 10.0. The fourth-order valence-electron chi connectivity index (χ4n) is 4.03. The van der Waals surface area contributed by atoms with Gasteiger partial charge in [-0.1, -0.05) is 54.6 Å². The van der Waals surface area contributed by atoms with Crippen molar-refractivity contribution in [1.29, 1.82) is 0 Å². The highest BCUT2D eigenvalue weighted by Crippen LogP contribution is 2.44. The molecule has 0 bridgehead atoms. The molecule has 1 amide bonds. The van der Waals surface area contributed by atoms with Gasteiger partial charge < -0.3 is 15.2 Å². The minimum absolute atomic E-state index is 0.0576. The monoisotopic (exact) mass is 432 g/mol. The van der Waals surface area contributed by atoms with Gasteiger partial charge in [0.2, 0.25) is 0 Å². The van der Waals surface area contributed by atoms with Gasteiger partial charge in [0.15, 0.2) is 0 Å². The van der Waals surface area contributed by atoms with Crippen LogP contribution >= 0.6 is 0 Å². The van der Waals surface area contributed by atoms with Crippen LogP contribution in [0.25, 0.3) is 11.1 Å². The maximum atomic E-state index is 12.2. The molecule has 1 aliphatic rings. The molecule has 0 radical (unpaired) electrons. The maximum Gasteiger partial charge on any atom is 0.407 e. The Labute approximate surface area is 183 Å². The predicted molar refractivity (Wildman–Crippen MR) is 117 cm³/mol. The molecule has 0 aliphatic heterocycles. The summed E-state index contributed by atoms with van der Waals surface area (Å²) in [4.78, 5) is 33.9. The lowest BCUT2D eigenvalue weighted by Crippen LogP contribution is -2.28. The molecule has 8 nitrogen and oxygen atoms in total. The van der Waals surface area contributed by atoms with Crippen molar-refractivity contribution in [2.45, 2.75) is 12.3 Å². The van der Waals surface area contributed by atoms with Crippen molar-refractivity contribution in [3.63, 3.8) is 0 Å².